The van der Waals surface area contributed by atoms with Gasteiger partial charge in [-0.3, -0.25) is 9.59 Å². The lowest BCUT2D eigenvalue weighted by atomic mass is 10.2. The SMILES string of the molecule is O=C(c1ccccc1)N1CC[NH+](CC[NH+]2CCN(C(=O)c3ccccc3)CC2)CC1. The molecule has 2 amide bonds. The molecule has 0 aromatic heterocycles. The molecule has 2 N–H and O–H groups in total. The Kier molecular flexibility index (Phi) is 6.77. The summed E-state index contributed by atoms with van der Waals surface area (Å²) >= 11 is 0. The number of benzene rings is 2. The van der Waals surface area contributed by atoms with E-state index in [1.165, 1.54) is 0 Å². The maximum Gasteiger partial charge on any atom is 0.254 e. The van der Waals surface area contributed by atoms with E-state index in [4.69, 9.17) is 0 Å². The summed E-state index contributed by atoms with van der Waals surface area (Å²) in [7, 11) is 0. The molecule has 0 aliphatic carbocycles. The monoisotopic (exact) mass is 408 g/mol. The van der Waals surface area contributed by atoms with Crippen LogP contribution in [0.25, 0.3) is 0 Å². The Morgan fingerprint density at radius 3 is 1.27 bits per heavy atom. The molecule has 2 saturated heterocycles. The lowest BCUT2D eigenvalue weighted by Crippen LogP contribution is -3.22. The van der Waals surface area contributed by atoms with Gasteiger partial charge in [0, 0.05) is 11.1 Å². The lowest BCUT2D eigenvalue weighted by Gasteiger charge is -2.35. The highest BCUT2D eigenvalue weighted by Gasteiger charge is 2.27. The molecule has 6 heteroatoms. The second-order valence-electron chi connectivity index (χ2n) is 8.32. The van der Waals surface area contributed by atoms with Crippen LogP contribution in [0.5, 0.6) is 0 Å². The molecule has 0 saturated carbocycles. The molecule has 4 rings (SSSR count). The van der Waals surface area contributed by atoms with Crippen molar-refractivity contribution in [2.75, 3.05) is 65.4 Å². The molecule has 2 aliphatic rings. The molecule has 0 unspecified atom stereocenters. The molecule has 0 atom stereocenters. The highest BCUT2D eigenvalue weighted by atomic mass is 16.2. The van der Waals surface area contributed by atoms with Gasteiger partial charge >= 0.3 is 0 Å². The van der Waals surface area contributed by atoms with Gasteiger partial charge in [-0.1, -0.05) is 36.4 Å². The highest BCUT2D eigenvalue weighted by molar-refractivity contribution is 5.94. The molecule has 6 nitrogen and oxygen atoms in total. The summed E-state index contributed by atoms with van der Waals surface area (Å²) in [5, 5.41) is 0. The number of rotatable bonds is 5. The molecule has 0 bridgehead atoms. The average molecular weight is 409 g/mol. The van der Waals surface area contributed by atoms with Crippen LogP contribution in [0, 0.1) is 0 Å². The van der Waals surface area contributed by atoms with E-state index in [0.29, 0.717) is 0 Å². The Morgan fingerprint density at radius 2 is 0.933 bits per heavy atom. The fraction of sp³-hybridized carbons (Fsp3) is 0.417. The molecule has 2 aliphatic heterocycles. The smallest absolute Gasteiger partial charge is 0.254 e. The summed E-state index contributed by atoms with van der Waals surface area (Å²) in [5.41, 5.74) is 1.57. The molecular formula is C24H32N4O2+2. The number of carbonyl (C=O) groups excluding carboxylic acids is 2. The van der Waals surface area contributed by atoms with Gasteiger partial charge in [-0.2, -0.15) is 0 Å². The first-order chi connectivity index (χ1) is 14.7. The summed E-state index contributed by atoms with van der Waals surface area (Å²) < 4.78 is 0. The molecule has 0 spiro atoms. The van der Waals surface area contributed by atoms with Gasteiger partial charge in [0.05, 0.1) is 52.4 Å². The Labute approximate surface area is 178 Å². The van der Waals surface area contributed by atoms with E-state index in [1.807, 2.05) is 70.5 Å². The Hall–Kier alpha value is -2.70. The van der Waals surface area contributed by atoms with Gasteiger partial charge < -0.3 is 19.6 Å². The van der Waals surface area contributed by atoms with Gasteiger partial charge in [-0.25, -0.2) is 0 Å². The van der Waals surface area contributed by atoms with Gasteiger partial charge in [-0.15, -0.1) is 0 Å². The zero-order valence-electron chi connectivity index (χ0n) is 17.6. The first-order valence-electron chi connectivity index (χ1n) is 11.1. The van der Waals surface area contributed by atoms with E-state index in [-0.39, 0.29) is 11.8 Å². The van der Waals surface area contributed by atoms with Crippen molar-refractivity contribution < 1.29 is 19.4 Å². The third kappa shape index (κ3) is 5.07. The van der Waals surface area contributed by atoms with Crippen molar-refractivity contribution in [3.63, 3.8) is 0 Å². The second-order valence-corrected chi connectivity index (χ2v) is 8.32. The van der Waals surface area contributed by atoms with Crippen molar-refractivity contribution in [3.05, 3.63) is 71.8 Å². The third-order valence-electron chi connectivity index (χ3n) is 6.39. The van der Waals surface area contributed by atoms with Crippen LogP contribution in [0.15, 0.2) is 60.7 Å². The summed E-state index contributed by atoms with van der Waals surface area (Å²) in [6.07, 6.45) is 0. The van der Waals surface area contributed by atoms with Crippen LogP contribution in [-0.2, 0) is 0 Å². The second kappa shape index (κ2) is 9.87. The van der Waals surface area contributed by atoms with E-state index < -0.39 is 0 Å². The first-order valence-corrected chi connectivity index (χ1v) is 11.1. The summed E-state index contributed by atoms with van der Waals surface area (Å²) in [6, 6.07) is 19.2. The Morgan fingerprint density at radius 1 is 0.600 bits per heavy atom. The van der Waals surface area contributed by atoms with E-state index in [1.54, 1.807) is 9.80 Å². The van der Waals surface area contributed by atoms with Crippen LogP contribution in [0.3, 0.4) is 0 Å². The predicted molar refractivity (Wildman–Crippen MR) is 116 cm³/mol. The average Bonchev–Trinajstić information content (AvgIpc) is 2.83. The summed E-state index contributed by atoms with van der Waals surface area (Å²) in [6.45, 7) is 9.67. The number of nitrogens with one attached hydrogen (secondary N) is 2. The highest BCUT2D eigenvalue weighted by Crippen LogP contribution is 2.05. The quantitative estimate of drug-likeness (QED) is 0.672. The fourth-order valence-electron chi connectivity index (χ4n) is 4.43. The van der Waals surface area contributed by atoms with E-state index in [0.717, 1.165) is 76.6 Å². The summed E-state index contributed by atoms with van der Waals surface area (Å²) in [4.78, 5) is 32.3. The number of piperazine rings is 2. The fourth-order valence-corrected chi connectivity index (χ4v) is 4.43. The minimum Gasteiger partial charge on any atom is -0.327 e. The van der Waals surface area contributed by atoms with E-state index >= 15 is 0 Å². The Bertz CT molecular complexity index is 755. The van der Waals surface area contributed by atoms with Crippen LogP contribution in [0.2, 0.25) is 0 Å². The van der Waals surface area contributed by atoms with Gasteiger partial charge in [-0.05, 0) is 24.3 Å². The van der Waals surface area contributed by atoms with Gasteiger partial charge in [0.25, 0.3) is 11.8 Å². The topological polar surface area (TPSA) is 49.5 Å². The predicted octanol–water partition coefficient (Wildman–Crippen LogP) is -0.932. The maximum atomic E-state index is 12.6. The maximum absolute atomic E-state index is 12.6. The van der Waals surface area contributed by atoms with Crippen molar-refractivity contribution in [2.45, 2.75) is 0 Å². The van der Waals surface area contributed by atoms with Crippen LogP contribution < -0.4 is 9.80 Å². The van der Waals surface area contributed by atoms with E-state index in [9.17, 15) is 9.59 Å². The number of quaternary nitrogens is 2. The van der Waals surface area contributed by atoms with Crippen molar-refractivity contribution in [2.24, 2.45) is 0 Å². The molecule has 2 aromatic carbocycles. The number of nitrogens with zero attached hydrogens (tertiary/aromatic N) is 2. The minimum absolute atomic E-state index is 0.152. The minimum atomic E-state index is 0.152. The standard InChI is InChI=1S/C24H30N4O2/c29-23(21-7-3-1-4-8-21)27-17-13-25(14-18-27)11-12-26-15-19-28(20-16-26)24(30)22-9-5-2-6-10-22/h1-10H,11-20H2/p+2. The molecular weight excluding hydrogens is 376 g/mol. The first kappa shape index (κ1) is 20.6. The van der Waals surface area contributed by atoms with Gasteiger partial charge in [0.1, 0.15) is 13.1 Å². The molecule has 2 aromatic rings. The van der Waals surface area contributed by atoms with Gasteiger partial charge in [0.15, 0.2) is 0 Å². The zero-order chi connectivity index (χ0) is 20.8. The number of amides is 2. The molecule has 2 fully saturated rings. The lowest BCUT2D eigenvalue weighted by molar-refractivity contribution is -0.960. The van der Waals surface area contributed by atoms with Crippen LogP contribution >= 0.6 is 0 Å². The number of carbonyl (C=O) groups is 2. The Balaban J connectivity index is 1.16. The van der Waals surface area contributed by atoms with Gasteiger partial charge in [0.2, 0.25) is 0 Å². The van der Waals surface area contributed by atoms with Crippen LogP contribution in [0.1, 0.15) is 20.7 Å². The largest absolute Gasteiger partial charge is 0.327 e. The number of hydrogen-bond acceptors (Lipinski definition) is 2. The normalized spacial score (nSPS) is 18.4. The molecule has 2 heterocycles. The van der Waals surface area contributed by atoms with Crippen LogP contribution in [-0.4, -0.2) is 87.1 Å². The van der Waals surface area contributed by atoms with Crippen molar-refractivity contribution in [3.8, 4) is 0 Å². The summed E-state index contributed by atoms with van der Waals surface area (Å²) in [5.74, 6) is 0.305. The van der Waals surface area contributed by atoms with E-state index in [2.05, 4.69) is 0 Å². The number of hydrogen-bond donors (Lipinski definition) is 2. The third-order valence-corrected chi connectivity index (χ3v) is 6.39. The van der Waals surface area contributed by atoms with Crippen molar-refractivity contribution in [1.82, 2.24) is 9.80 Å². The molecule has 30 heavy (non-hydrogen) atoms. The van der Waals surface area contributed by atoms with Crippen molar-refractivity contribution >= 4 is 11.8 Å². The van der Waals surface area contributed by atoms with Crippen molar-refractivity contribution in [1.29, 1.82) is 0 Å². The zero-order valence-corrected chi connectivity index (χ0v) is 17.6. The molecule has 158 valence electrons. The molecule has 0 radical (unpaired) electrons. The van der Waals surface area contributed by atoms with Crippen LogP contribution in [0.4, 0.5) is 0 Å².